The molecule has 1 aromatic carbocycles. The van der Waals surface area contributed by atoms with Gasteiger partial charge in [-0.05, 0) is 42.9 Å². The Kier molecular flexibility index (Phi) is 5.23. The predicted molar refractivity (Wildman–Crippen MR) is 78.3 cm³/mol. The molecule has 1 aliphatic rings. The molecular formula is C14H18F2N2OS. The molecule has 0 radical (unpaired) electrons. The number of anilines is 1. The summed E-state index contributed by atoms with van der Waals surface area (Å²) in [5.74, 6) is 0.688. The normalized spacial score (nSPS) is 18.1. The first-order chi connectivity index (χ1) is 9.61. The largest absolute Gasteiger partial charge is 0.381 e. The number of rotatable bonds is 5. The van der Waals surface area contributed by atoms with Gasteiger partial charge in [-0.1, -0.05) is 0 Å². The Morgan fingerprint density at radius 1 is 1.40 bits per heavy atom. The second-order valence-corrected chi connectivity index (χ2v) is 5.93. The van der Waals surface area contributed by atoms with Gasteiger partial charge in [0.1, 0.15) is 17.3 Å². The SMILES string of the molecule is CCNc1c(F)cc(C(=O)NCC2CCSC2)cc1F. The van der Waals surface area contributed by atoms with Gasteiger partial charge in [0.05, 0.1) is 0 Å². The molecular weight excluding hydrogens is 282 g/mol. The van der Waals surface area contributed by atoms with Crippen LogP contribution in [-0.4, -0.2) is 30.5 Å². The van der Waals surface area contributed by atoms with Crippen LogP contribution in [0.1, 0.15) is 23.7 Å². The number of thioether (sulfide) groups is 1. The molecule has 6 heteroatoms. The lowest BCUT2D eigenvalue weighted by molar-refractivity contribution is 0.0947. The van der Waals surface area contributed by atoms with Gasteiger partial charge in [0.25, 0.3) is 5.91 Å². The van der Waals surface area contributed by atoms with Crippen molar-refractivity contribution in [3.8, 4) is 0 Å². The minimum atomic E-state index is -0.742. The van der Waals surface area contributed by atoms with E-state index in [0.29, 0.717) is 19.0 Å². The van der Waals surface area contributed by atoms with E-state index in [9.17, 15) is 13.6 Å². The van der Waals surface area contributed by atoms with Crippen molar-refractivity contribution in [3.63, 3.8) is 0 Å². The summed E-state index contributed by atoms with van der Waals surface area (Å²) >= 11 is 1.86. The fourth-order valence-corrected chi connectivity index (χ4v) is 3.42. The van der Waals surface area contributed by atoms with Gasteiger partial charge >= 0.3 is 0 Å². The monoisotopic (exact) mass is 300 g/mol. The van der Waals surface area contributed by atoms with Crippen LogP contribution in [-0.2, 0) is 0 Å². The van der Waals surface area contributed by atoms with E-state index in [1.165, 1.54) is 0 Å². The molecule has 1 fully saturated rings. The van der Waals surface area contributed by atoms with Crippen LogP contribution in [0.15, 0.2) is 12.1 Å². The fraction of sp³-hybridized carbons (Fsp3) is 0.500. The van der Waals surface area contributed by atoms with Gasteiger partial charge in [0.2, 0.25) is 0 Å². The van der Waals surface area contributed by atoms with Crippen LogP contribution in [0.2, 0.25) is 0 Å². The van der Waals surface area contributed by atoms with E-state index in [2.05, 4.69) is 10.6 Å². The summed E-state index contributed by atoms with van der Waals surface area (Å²) in [6, 6.07) is 2.14. The lowest BCUT2D eigenvalue weighted by atomic mass is 10.1. The highest BCUT2D eigenvalue weighted by Crippen LogP contribution is 2.23. The molecule has 1 saturated heterocycles. The van der Waals surface area contributed by atoms with Crippen LogP contribution in [0.25, 0.3) is 0 Å². The number of amides is 1. The zero-order chi connectivity index (χ0) is 14.5. The third-order valence-electron chi connectivity index (χ3n) is 3.23. The maximum Gasteiger partial charge on any atom is 0.251 e. The van der Waals surface area contributed by atoms with Crippen LogP contribution in [0, 0.1) is 17.6 Å². The zero-order valence-corrected chi connectivity index (χ0v) is 12.2. The molecule has 1 aliphatic heterocycles. The summed E-state index contributed by atoms with van der Waals surface area (Å²) in [7, 11) is 0. The summed E-state index contributed by atoms with van der Waals surface area (Å²) < 4.78 is 27.4. The van der Waals surface area contributed by atoms with Crippen molar-refractivity contribution in [2.24, 2.45) is 5.92 Å². The van der Waals surface area contributed by atoms with Crippen molar-refractivity contribution in [1.29, 1.82) is 0 Å². The molecule has 1 heterocycles. The summed E-state index contributed by atoms with van der Waals surface area (Å²) in [6.07, 6.45) is 1.08. The standard InChI is InChI=1S/C14H18F2N2OS/c1-2-17-13-11(15)5-10(6-12(13)16)14(19)18-7-9-3-4-20-8-9/h5-6,9,17H,2-4,7-8H2,1H3,(H,18,19). The molecule has 1 unspecified atom stereocenters. The Morgan fingerprint density at radius 3 is 2.65 bits per heavy atom. The van der Waals surface area contributed by atoms with Crippen molar-refractivity contribution < 1.29 is 13.6 Å². The highest BCUT2D eigenvalue weighted by molar-refractivity contribution is 7.99. The Bertz CT molecular complexity index is 467. The quantitative estimate of drug-likeness (QED) is 0.878. The molecule has 110 valence electrons. The lowest BCUT2D eigenvalue weighted by Crippen LogP contribution is -2.29. The van der Waals surface area contributed by atoms with Crippen molar-refractivity contribution in [2.45, 2.75) is 13.3 Å². The van der Waals surface area contributed by atoms with Crippen molar-refractivity contribution in [2.75, 3.05) is 29.9 Å². The fourth-order valence-electron chi connectivity index (χ4n) is 2.13. The van der Waals surface area contributed by atoms with E-state index < -0.39 is 17.5 Å². The van der Waals surface area contributed by atoms with Crippen LogP contribution in [0.3, 0.4) is 0 Å². The molecule has 0 aliphatic carbocycles. The molecule has 0 saturated carbocycles. The van der Waals surface area contributed by atoms with E-state index in [1.54, 1.807) is 6.92 Å². The van der Waals surface area contributed by atoms with E-state index >= 15 is 0 Å². The van der Waals surface area contributed by atoms with E-state index in [0.717, 1.165) is 30.1 Å². The second kappa shape index (κ2) is 6.92. The molecule has 1 amide bonds. The number of carbonyl (C=O) groups is 1. The average molecular weight is 300 g/mol. The van der Waals surface area contributed by atoms with Crippen LogP contribution < -0.4 is 10.6 Å². The maximum absolute atomic E-state index is 13.7. The molecule has 3 nitrogen and oxygen atoms in total. The minimum absolute atomic E-state index is 0.0207. The van der Waals surface area contributed by atoms with Crippen LogP contribution in [0.5, 0.6) is 0 Å². The van der Waals surface area contributed by atoms with Crippen molar-refractivity contribution >= 4 is 23.4 Å². The Balaban J connectivity index is 2.02. The van der Waals surface area contributed by atoms with Crippen molar-refractivity contribution in [3.05, 3.63) is 29.3 Å². The molecule has 1 aromatic rings. The van der Waals surface area contributed by atoms with Gasteiger partial charge in [-0.15, -0.1) is 0 Å². The van der Waals surface area contributed by atoms with Gasteiger partial charge in [0.15, 0.2) is 0 Å². The molecule has 1 atom stereocenters. The smallest absolute Gasteiger partial charge is 0.251 e. The number of benzene rings is 1. The highest BCUT2D eigenvalue weighted by Gasteiger charge is 2.18. The number of nitrogens with one attached hydrogen (secondary N) is 2. The average Bonchev–Trinajstić information content (AvgIpc) is 2.93. The Hall–Kier alpha value is -1.30. The van der Waals surface area contributed by atoms with Crippen LogP contribution in [0.4, 0.5) is 14.5 Å². The van der Waals surface area contributed by atoms with Gasteiger partial charge < -0.3 is 10.6 Å². The first-order valence-corrected chi connectivity index (χ1v) is 7.86. The van der Waals surface area contributed by atoms with Crippen LogP contribution >= 0.6 is 11.8 Å². The molecule has 0 spiro atoms. The summed E-state index contributed by atoms with van der Waals surface area (Å²) in [5.41, 5.74) is -0.163. The summed E-state index contributed by atoms with van der Waals surface area (Å²) in [5, 5.41) is 5.34. The van der Waals surface area contributed by atoms with Gasteiger partial charge in [-0.2, -0.15) is 11.8 Å². The predicted octanol–water partition coefficient (Wildman–Crippen LogP) is 2.88. The lowest BCUT2D eigenvalue weighted by Gasteiger charge is -2.12. The minimum Gasteiger partial charge on any atom is -0.381 e. The van der Waals surface area contributed by atoms with Gasteiger partial charge in [0, 0.05) is 18.7 Å². The summed E-state index contributed by atoms with van der Waals surface area (Å²) in [6.45, 7) is 2.72. The first-order valence-electron chi connectivity index (χ1n) is 6.70. The van der Waals surface area contributed by atoms with E-state index in [1.807, 2.05) is 11.8 Å². The second-order valence-electron chi connectivity index (χ2n) is 4.78. The van der Waals surface area contributed by atoms with Gasteiger partial charge in [-0.3, -0.25) is 4.79 Å². The number of halogens is 2. The third kappa shape index (κ3) is 3.62. The number of hydrogen-bond donors (Lipinski definition) is 2. The third-order valence-corrected chi connectivity index (χ3v) is 4.46. The summed E-state index contributed by atoms with van der Waals surface area (Å²) in [4.78, 5) is 11.9. The Morgan fingerprint density at radius 2 is 2.10 bits per heavy atom. The van der Waals surface area contributed by atoms with E-state index in [-0.39, 0.29) is 11.3 Å². The molecule has 20 heavy (non-hydrogen) atoms. The Labute approximate surface area is 121 Å². The van der Waals surface area contributed by atoms with Crippen molar-refractivity contribution in [1.82, 2.24) is 5.32 Å². The molecule has 0 aromatic heterocycles. The maximum atomic E-state index is 13.7. The molecule has 2 rings (SSSR count). The number of carbonyl (C=O) groups excluding carboxylic acids is 1. The topological polar surface area (TPSA) is 41.1 Å². The van der Waals surface area contributed by atoms with Gasteiger partial charge in [-0.25, -0.2) is 8.78 Å². The molecule has 0 bridgehead atoms. The number of hydrogen-bond acceptors (Lipinski definition) is 3. The molecule has 2 N–H and O–H groups in total. The highest BCUT2D eigenvalue weighted by atomic mass is 32.2. The zero-order valence-electron chi connectivity index (χ0n) is 11.3. The first kappa shape index (κ1) is 15.1. The van der Waals surface area contributed by atoms with E-state index in [4.69, 9.17) is 0 Å².